The lowest BCUT2D eigenvalue weighted by molar-refractivity contribution is 0.340. The minimum atomic E-state index is -0.248. The third-order valence-electron chi connectivity index (χ3n) is 3.32. The zero-order valence-corrected chi connectivity index (χ0v) is 11.7. The van der Waals surface area contributed by atoms with Gasteiger partial charge in [0.25, 0.3) is 0 Å². The van der Waals surface area contributed by atoms with E-state index in [0.717, 1.165) is 18.4 Å². The van der Waals surface area contributed by atoms with Crippen LogP contribution in [0.4, 0.5) is 4.39 Å². The standard InChI is InChI=1S/C15H18ClFO/c1-15(2)8-10(6-11(16)9-15)13-5-4-12(18-3)7-14(13)17/h4-7,11H,8-9H2,1-3H3. The molecule has 1 aromatic carbocycles. The molecule has 1 aromatic rings. The van der Waals surface area contributed by atoms with E-state index in [1.165, 1.54) is 13.2 Å². The van der Waals surface area contributed by atoms with Crippen LogP contribution < -0.4 is 4.74 Å². The van der Waals surface area contributed by atoms with Gasteiger partial charge in [-0.05, 0) is 36.0 Å². The lowest BCUT2D eigenvalue weighted by atomic mass is 9.75. The maximum absolute atomic E-state index is 14.0. The summed E-state index contributed by atoms with van der Waals surface area (Å²) in [5, 5.41) is -0.0229. The monoisotopic (exact) mass is 268 g/mol. The first-order valence-electron chi connectivity index (χ1n) is 6.10. The van der Waals surface area contributed by atoms with Crippen molar-refractivity contribution in [3.05, 3.63) is 35.7 Å². The van der Waals surface area contributed by atoms with E-state index in [2.05, 4.69) is 13.8 Å². The van der Waals surface area contributed by atoms with E-state index in [0.29, 0.717) is 11.3 Å². The maximum Gasteiger partial charge on any atom is 0.134 e. The quantitative estimate of drug-likeness (QED) is 0.710. The lowest BCUT2D eigenvalue weighted by Crippen LogP contribution is -2.22. The molecule has 1 aliphatic carbocycles. The van der Waals surface area contributed by atoms with Crippen LogP contribution in [-0.2, 0) is 0 Å². The van der Waals surface area contributed by atoms with Crippen molar-refractivity contribution in [3.63, 3.8) is 0 Å². The number of allylic oxidation sites excluding steroid dienone is 2. The van der Waals surface area contributed by atoms with E-state index in [1.54, 1.807) is 12.1 Å². The molecule has 1 atom stereocenters. The molecule has 0 bridgehead atoms. The summed E-state index contributed by atoms with van der Waals surface area (Å²) in [4.78, 5) is 0. The topological polar surface area (TPSA) is 9.23 Å². The predicted molar refractivity (Wildman–Crippen MR) is 73.6 cm³/mol. The molecule has 3 heteroatoms. The molecule has 0 saturated heterocycles. The van der Waals surface area contributed by atoms with Crippen LogP contribution in [-0.4, -0.2) is 12.5 Å². The zero-order valence-electron chi connectivity index (χ0n) is 11.0. The van der Waals surface area contributed by atoms with Crippen LogP contribution in [0.5, 0.6) is 5.75 Å². The van der Waals surface area contributed by atoms with Gasteiger partial charge in [0.2, 0.25) is 0 Å². The van der Waals surface area contributed by atoms with Crippen molar-refractivity contribution >= 4 is 17.2 Å². The Balaban J connectivity index is 2.37. The summed E-state index contributed by atoms with van der Waals surface area (Å²) in [7, 11) is 1.53. The Morgan fingerprint density at radius 3 is 2.67 bits per heavy atom. The minimum absolute atomic E-state index is 0.0229. The summed E-state index contributed by atoms with van der Waals surface area (Å²) in [6, 6.07) is 4.97. The predicted octanol–water partition coefficient (Wildman–Crippen LogP) is 4.65. The van der Waals surface area contributed by atoms with E-state index < -0.39 is 0 Å². The molecule has 98 valence electrons. The molecule has 0 aromatic heterocycles. The first-order chi connectivity index (χ1) is 8.41. The molecule has 0 N–H and O–H groups in total. The molecular formula is C15H18ClFO. The van der Waals surface area contributed by atoms with Gasteiger partial charge in [-0.15, -0.1) is 11.6 Å². The van der Waals surface area contributed by atoms with Crippen LogP contribution in [0.15, 0.2) is 24.3 Å². The van der Waals surface area contributed by atoms with E-state index in [4.69, 9.17) is 16.3 Å². The molecular weight excluding hydrogens is 251 g/mol. The summed E-state index contributed by atoms with van der Waals surface area (Å²) in [6.45, 7) is 4.33. The smallest absolute Gasteiger partial charge is 0.134 e. The molecule has 0 saturated carbocycles. The number of ether oxygens (including phenoxy) is 1. The fourth-order valence-electron chi connectivity index (χ4n) is 2.52. The molecule has 1 unspecified atom stereocenters. The van der Waals surface area contributed by atoms with Crippen molar-refractivity contribution in [1.29, 1.82) is 0 Å². The normalized spacial score (nSPS) is 22.5. The van der Waals surface area contributed by atoms with Gasteiger partial charge in [0.15, 0.2) is 0 Å². The number of hydrogen-bond donors (Lipinski definition) is 0. The second-order valence-corrected chi connectivity index (χ2v) is 6.16. The first kappa shape index (κ1) is 13.4. The number of benzene rings is 1. The Labute approximate surface area is 113 Å². The van der Waals surface area contributed by atoms with Crippen molar-refractivity contribution < 1.29 is 9.13 Å². The number of methoxy groups -OCH3 is 1. The van der Waals surface area contributed by atoms with Crippen molar-refractivity contribution in [1.82, 2.24) is 0 Å². The molecule has 0 heterocycles. The highest BCUT2D eigenvalue weighted by molar-refractivity contribution is 6.22. The number of alkyl halides is 1. The molecule has 0 radical (unpaired) electrons. The largest absolute Gasteiger partial charge is 0.497 e. The van der Waals surface area contributed by atoms with Crippen molar-refractivity contribution in [3.8, 4) is 5.75 Å². The molecule has 0 spiro atoms. The van der Waals surface area contributed by atoms with Gasteiger partial charge in [-0.1, -0.05) is 19.9 Å². The highest BCUT2D eigenvalue weighted by atomic mass is 35.5. The molecule has 18 heavy (non-hydrogen) atoms. The van der Waals surface area contributed by atoms with Crippen molar-refractivity contribution in [2.45, 2.75) is 32.1 Å². The second kappa shape index (κ2) is 4.93. The Bertz CT molecular complexity index is 479. The van der Waals surface area contributed by atoms with Gasteiger partial charge in [-0.25, -0.2) is 4.39 Å². The second-order valence-electron chi connectivity index (χ2n) is 5.60. The summed E-state index contributed by atoms with van der Waals surface area (Å²) < 4.78 is 19.1. The fourth-order valence-corrected chi connectivity index (χ4v) is 3.09. The van der Waals surface area contributed by atoms with Crippen LogP contribution >= 0.6 is 11.6 Å². The van der Waals surface area contributed by atoms with Crippen LogP contribution in [0, 0.1) is 11.2 Å². The maximum atomic E-state index is 14.0. The van der Waals surface area contributed by atoms with E-state index in [-0.39, 0.29) is 16.6 Å². The molecule has 0 fully saturated rings. The zero-order chi connectivity index (χ0) is 13.3. The van der Waals surface area contributed by atoms with Crippen molar-refractivity contribution in [2.75, 3.05) is 7.11 Å². The number of rotatable bonds is 2. The average molecular weight is 269 g/mol. The van der Waals surface area contributed by atoms with Gasteiger partial charge in [0.05, 0.1) is 12.5 Å². The molecule has 1 aliphatic rings. The fraction of sp³-hybridized carbons (Fsp3) is 0.467. The van der Waals surface area contributed by atoms with Gasteiger partial charge in [-0.2, -0.15) is 0 Å². The molecule has 0 amide bonds. The van der Waals surface area contributed by atoms with E-state index in [1.807, 2.05) is 6.08 Å². The van der Waals surface area contributed by atoms with Gasteiger partial charge >= 0.3 is 0 Å². The third kappa shape index (κ3) is 2.86. The Kier molecular flexibility index (Phi) is 3.67. The summed E-state index contributed by atoms with van der Waals surface area (Å²) in [5.41, 5.74) is 1.74. The van der Waals surface area contributed by atoms with Crippen LogP contribution in [0.25, 0.3) is 5.57 Å². The third-order valence-corrected chi connectivity index (χ3v) is 3.60. The Morgan fingerprint density at radius 1 is 1.39 bits per heavy atom. The Morgan fingerprint density at radius 2 is 2.11 bits per heavy atom. The van der Waals surface area contributed by atoms with Crippen LogP contribution in [0.1, 0.15) is 32.3 Å². The van der Waals surface area contributed by atoms with Gasteiger partial charge in [0.1, 0.15) is 11.6 Å². The molecule has 1 nitrogen and oxygen atoms in total. The summed E-state index contributed by atoms with van der Waals surface area (Å²) >= 11 is 6.23. The molecule has 0 aliphatic heterocycles. The van der Waals surface area contributed by atoms with E-state index >= 15 is 0 Å². The summed E-state index contributed by atoms with van der Waals surface area (Å²) in [5.74, 6) is 0.288. The Hall–Kier alpha value is -1.02. The SMILES string of the molecule is COc1ccc(C2=CC(Cl)CC(C)(C)C2)c(F)c1. The van der Waals surface area contributed by atoms with Crippen molar-refractivity contribution in [2.24, 2.45) is 5.41 Å². The van der Waals surface area contributed by atoms with Crippen LogP contribution in [0.3, 0.4) is 0 Å². The van der Waals surface area contributed by atoms with Crippen LogP contribution in [0.2, 0.25) is 0 Å². The summed E-state index contributed by atoms with van der Waals surface area (Å²) in [6.07, 6.45) is 3.74. The highest BCUT2D eigenvalue weighted by Gasteiger charge is 2.29. The highest BCUT2D eigenvalue weighted by Crippen LogP contribution is 2.42. The van der Waals surface area contributed by atoms with Gasteiger partial charge in [0, 0.05) is 11.6 Å². The van der Waals surface area contributed by atoms with Gasteiger partial charge < -0.3 is 4.74 Å². The number of hydrogen-bond acceptors (Lipinski definition) is 1. The van der Waals surface area contributed by atoms with Gasteiger partial charge in [-0.3, -0.25) is 0 Å². The van der Waals surface area contributed by atoms with E-state index in [9.17, 15) is 4.39 Å². The first-order valence-corrected chi connectivity index (χ1v) is 6.53. The molecule has 2 rings (SSSR count). The minimum Gasteiger partial charge on any atom is -0.497 e. The average Bonchev–Trinajstić information content (AvgIpc) is 2.25. The number of halogens is 2. The lowest BCUT2D eigenvalue weighted by Gasteiger charge is -2.32.